The minimum atomic E-state index is -0.862. The third kappa shape index (κ3) is 6.07. The summed E-state index contributed by atoms with van der Waals surface area (Å²) in [7, 11) is 3.01. The first-order chi connectivity index (χ1) is 20.2. The molecular formula is C30H28BrClN2O7S. The van der Waals surface area contributed by atoms with E-state index in [1.165, 1.54) is 30.1 Å². The fraction of sp³-hybridized carbons (Fsp3) is 0.300. The standard InChI is InChI=1S/C30H28BrClN2O7S/c1-7-10-41-27-20(32)11-17(12-23(27)38-6)13-24-28(35)34-26(18-14-21(37-5)22(39-8-2)15-19(18)31)25(29(36)40-9-3)16(4)33-30(34)42-24/h1,11-15,26H,8-10H2,2-6H3/b24-13+/t26-/m1/s1. The fourth-order valence-electron chi connectivity index (χ4n) is 4.50. The van der Waals surface area contributed by atoms with Crippen molar-refractivity contribution in [1.29, 1.82) is 0 Å². The minimum absolute atomic E-state index is 0.0159. The molecule has 0 amide bonds. The third-order valence-electron chi connectivity index (χ3n) is 6.24. The van der Waals surface area contributed by atoms with Gasteiger partial charge in [0.25, 0.3) is 5.56 Å². The average Bonchev–Trinajstić information content (AvgIpc) is 3.25. The molecule has 220 valence electrons. The van der Waals surface area contributed by atoms with Crippen LogP contribution < -0.4 is 33.8 Å². The molecule has 2 aromatic carbocycles. The molecule has 0 fully saturated rings. The van der Waals surface area contributed by atoms with Crippen LogP contribution in [-0.4, -0.2) is 44.6 Å². The summed E-state index contributed by atoms with van der Waals surface area (Å²) in [5.74, 6) is 3.45. The second-order valence-electron chi connectivity index (χ2n) is 8.79. The normalized spacial score (nSPS) is 14.5. The number of hydrogen-bond acceptors (Lipinski definition) is 9. The smallest absolute Gasteiger partial charge is 0.338 e. The van der Waals surface area contributed by atoms with Gasteiger partial charge in [0.15, 0.2) is 27.8 Å². The van der Waals surface area contributed by atoms with E-state index in [2.05, 4.69) is 26.8 Å². The first-order valence-electron chi connectivity index (χ1n) is 12.8. The van der Waals surface area contributed by atoms with Crippen molar-refractivity contribution < 1.29 is 28.5 Å². The van der Waals surface area contributed by atoms with Crippen LogP contribution in [0.25, 0.3) is 6.08 Å². The summed E-state index contributed by atoms with van der Waals surface area (Å²) in [5, 5.41) is 0.271. The van der Waals surface area contributed by atoms with E-state index in [-0.39, 0.29) is 29.4 Å². The average molecular weight is 676 g/mol. The molecule has 3 aromatic rings. The van der Waals surface area contributed by atoms with Crippen LogP contribution in [0.4, 0.5) is 0 Å². The van der Waals surface area contributed by atoms with E-state index in [0.717, 1.165) is 0 Å². The van der Waals surface area contributed by atoms with E-state index in [0.29, 0.717) is 60.2 Å². The van der Waals surface area contributed by atoms with Gasteiger partial charge in [-0.3, -0.25) is 9.36 Å². The lowest BCUT2D eigenvalue weighted by Gasteiger charge is -2.26. The number of aromatic nitrogens is 1. The van der Waals surface area contributed by atoms with Crippen molar-refractivity contribution in [2.75, 3.05) is 34.0 Å². The molecule has 1 aliphatic heterocycles. The number of terminal acetylenes is 1. The molecule has 0 bridgehead atoms. The van der Waals surface area contributed by atoms with Crippen LogP contribution in [0.2, 0.25) is 5.02 Å². The molecule has 0 saturated carbocycles. The Morgan fingerprint density at radius 2 is 1.88 bits per heavy atom. The van der Waals surface area contributed by atoms with Gasteiger partial charge in [0.2, 0.25) is 0 Å². The Labute approximate surface area is 260 Å². The summed E-state index contributed by atoms with van der Waals surface area (Å²) in [5.41, 5.74) is 1.51. The van der Waals surface area contributed by atoms with Crippen LogP contribution in [0.3, 0.4) is 0 Å². The lowest BCUT2D eigenvalue weighted by Crippen LogP contribution is -2.40. The van der Waals surface area contributed by atoms with Gasteiger partial charge in [0.1, 0.15) is 6.61 Å². The van der Waals surface area contributed by atoms with Crippen LogP contribution >= 0.6 is 38.9 Å². The number of esters is 1. The Morgan fingerprint density at radius 1 is 1.14 bits per heavy atom. The van der Waals surface area contributed by atoms with Gasteiger partial charge in [-0.1, -0.05) is 44.8 Å². The van der Waals surface area contributed by atoms with Crippen molar-refractivity contribution in [3.05, 3.63) is 75.8 Å². The van der Waals surface area contributed by atoms with Gasteiger partial charge < -0.3 is 23.7 Å². The van der Waals surface area contributed by atoms with Crippen molar-refractivity contribution in [1.82, 2.24) is 4.57 Å². The molecule has 1 atom stereocenters. The van der Waals surface area contributed by atoms with E-state index in [1.807, 2.05) is 6.92 Å². The number of benzene rings is 2. The predicted molar refractivity (Wildman–Crippen MR) is 165 cm³/mol. The number of methoxy groups -OCH3 is 2. The van der Waals surface area contributed by atoms with Crippen molar-refractivity contribution >= 4 is 50.9 Å². The molecule has 0 aliphatic carbocycles. The Bertz CT molecular complexity index is 1790. The molecule has 9 nitrogen and oxygen atoms in total. The third-order valence-corrected chi connectivity index (χ3v) is 8.19. The molecular weight excluding hydrogens is 648 g/mol. The highest BCUT2D eigenvalue weighted by molar-refractivity contribution is 9.10. The van der Waals surface area contributed by atoms with Gasteiger partial charge >= 0.3 is 5.97 Å². The minimum Gasteiger partial charge on any atom is -0.493 e. The Morgan fingerprint density at radius 3 is 2.52 bits per heavy atom. The Balaban J connectivity index is 1.96. The number of allylic oxidation sites excluding steroid dienone is 1. The van der Waals surface area contributed by atoms with Crippen molar-refractivity contribution in [3.63, 3.8) is 0 Å². The summed E-state index contributed by atoms with van der Waals surface area (Å²) >= 11 is 11.3. The number of nitrogens with zero attached hydrogens (tertiary/aromatic N) is 2. The molecule has 0 saturated heterocycles. The van der Waals surface area contributed by atoms with Crippen molar-refractivity contribution in [3.8, 4) is 35.3 Å². The Kier molecular flexibility index (Phi) is 10.0. The van der Waals surface area contributed by atoms with Crippen LogP contribution in [0.1, 0.15) is 37.9 Å². The first kappa shape index (κ1) is 31.2. The molecule has 0 spiro atoms. The van der Waals surface area contributed by atoms with E-state index < -0.39 is 12.0 Å². The van der Waals surface area contributed by atoms with Gasteiger partial charge in [-0.25, -0.2) is 9.79 Å². The van der Waals surface area contributed by atoms with Crippen molar-refractivity contribution in [2.45, 2.75) is 26.8 Å². The second-order valence-corrected chi connectivity index (χ2v) is 11.1. The zero-order chi connectivity index (χ0) is 30.6. The quantitative estimate of drug-likeness (QED) is 0.228. The van der Waals surface area contributed by atoms with Gasteiger partial charge in [-0.15, -0.1) is 6.42 Å². The molecule has 1 aliphatic rings. The van der Waals surface area contributed by atoms with Crippen LogP contribution in [0.5, 0.6) is 23.0 Å². The summed E-state index contributed by atoms with van der Waals surface area (Å²) in [6.45, 7) is 5.90. The molecule has 0 N–H and O–H groups in total. The van der Waals surface area contributed by atoms with Crippen LogP contribution in [0, 0.1) is 12.3 Å². The van der Waals surface area contributed by atoms with E-state index in [4.69, 9.17) is 41.7 Å². The number of rotatable bonds is 10. The number of halogens is 2. The first-order valence-corrected chi connectivity index (χ1v) is 14.8. The molecule has 1 aromatic heterocycles. The monoisotopic (exact) mass is 674 g/mol. The molecule has 0 radical (unpaired) electrons. The van der Waals surface area contributed by atoms with Gasteiger partial charge in [0, 0.05) is 4.47 Å². The summed E-state index contributed by atoms with van der Waals surface area (Å²) in [4.78, 5) is 32.4. The summed E-state index contributed by atoms with van der Waals surface area (Å²) in [6.07, 6.45) is 6.99. The lowest BCUT2D eigenvalue weighted by molar-refractivity contribution is -0.139. The lowest BCUT2D eigenvalue weighted by atomic mass is 9.95. The summed E-state index contributed by atoms with van der Waals surface area (Å²) < 4.78 is 30.1. The SMILES string of the molecule is C#CCOc1c(Cl)cc(/C=c2/sc3n(c2=O)[C@H](c2cc(OC)c(OCC)cc2Br)C(C(=O)OCC)=C(C)N=3)cc1OC. The maximum Gasteiger partial charge on any atom is 0.338 e. The largest absolute Gasteiger partial charge is 0.493 e. The second kappa shape index (κ2) is 13.5. The maximum absolute atomic E-state index is 14.0. The number of carbonyl (C=O) groups is 1. The molecule has 4 rings (SSSR count). The maximum atomic E-state index is 14.0. The number of fused-ring (bicyclic) bond motifs is 1. The highest BCUT2D eigenvalue weighted by Gasteiger charge is 2.35. The zero-order valence-corrected chi connectivity index (χ0v) is 26.7. The molecule has 2 heterocycles. The van der Waals surface area contributed by atoms with Crippen LogP contribution in [-0.2, 0) is 9.53 Å². The van der Waals surface area contributed by atoms with Gasteiger partial charge in [0.05, 0.1) is 54.3 Å². The highest BCUT2D eigenvalue weighted by atomic mass is 79.9. The number of hydrogen-bond donors (Lipinski definition) is 0. The molecule has 12 heteroatoms. The predicted octanol–water partition coefficient (Wildman–Crippen LogP) is 4.64. The van der Waals surface area contributed by atoms with E-state index >= 15 is 0 Å². The topological polar surface area (TPSA) is 97.6 Å². The summed E-state index contributed by atoms with van der Waals surface area (Å²) in [6, 6.07) is 5.97. The van der Waals surface area contributed by atoms with Crippen LogP contribution in [0.15, 0.2) is 49.8 Å². The van der Waals surface area contributed by atoms with Gasteiger partial charge in [-0.2, -0.15) is 0 Å². The number of carbonyl (C=O) groups excluding carboxylic acids is 1. The number of ether oxygens (including phenoxy) is 5. The van der Waals surface area contributed by atoms with Crippen molar-refractivity contribution in [2.24, 2.45) is 4.99 Å². The highest BCUT2D eigenvalue weighted by Crippen LogP contribution is 2.41. The Hall–Kier alpha value is -3.72. The van der Waals surface area contributed by atoms with Gasteiger partial charge in [-0.05, 0) is 62.2 Å². The van der Waals surface area contributed by atoms with E-state index in [1.54, 1.807) is 44.2 Å². The molecule has 42 heavy (non-hydrogen) atoms. The zero-order valence-electron chi connectivity index (χ0n) is 23.6. The number of thiazole rings is 1. The molecule has 0 unspecified atom stereocenters. The fourth-order valence-corrected chi connectivity index (χ4v) is 6.36. The van der Waals surface area contributed by atoms with E-state index in [9.17, 15) is 9.59 Å².